The van der Waals surface area contributed by atoms with Crippen molar-refractivity contribution in [2.24, 2.45) is 5.41 Å². The van der Waals surface area contributed by atoms with E-state index in [4.69, 9.17) is 5.11 Å². The summed E-state index contributed by atoms with van der Waals surface area (Å²) in [6, 6.07) is 0.00528. The van der Waals surface area contributed by atoms with Gasteiger partial charge in [-0.2, -0.15) is 0 Å². The number of aliphatic carboxylic acids is 1. The molecular weight excluding hydrogens is 256 g/mol. The SMILES string of the molecule is CC(C)(C)C1=CCN(C(=O)N(CC(=O)O)C2CC2)CC1. The van der Waals surface area contributed by atoms with E-state index in [0.717, 1.165) is 19.3 Å². The molecule has 1 aliphatic heterocycles. The van der Waals surface area contributed by atoms with Gasteiger partial charge in [0.1, 0.15) is 6.54 Å². The number of urea groups is 1. The molecule has 1 heterocycles. The van der Waals surface area contributed by atoms with Crippen LogP contribution in [0, 0.1) is 5.41 Å². The highest BCUT2D eigenvalue weighted by Gasteiger charge is 2.36. The van der Waals surface area contributed by atoms with Crippen molar-refractivity contribution in [3.05, 3.63) is 11.6 Å². The standard InChI is InChI=1S/C15H24N2O3/c1-15(2,3)11-6-8-16(9-7-11)14(20)17(10-13(18)19)12-4-5-12/h6,12H,4-5,7-10H2,1-3H3,(H,18,19). The van der Waals surface area contributed by atoms with Crippen LogP contribution in [0.2, 0.25) is 0 Å². The normalized spacial score (nSPS) is 19.6. The van der Waals surface area contributed by atoms with E-state index in [2.05, 4.69) is 26.8 Å². The van der Waals surface area contributed by atoms with Crippen molar-refractivity contribution in [2.45, 2.75) is 46.1 Å². The molecule has 1 N–H and O–H groups in total. The van der Waals surface area contributed by atoms with Crippen molar-refractivity contribution in [3.63, 3.8) is 0 Å². The number of carbonyl (C=O) groups excluding carboxylic acids is 1. The summed E-state index contributed by atoms with van der Waals surface area (Å²) >= 11 is 0. The maximum absolute atomic E-state index is 12.4. The predicted molar refractivity (Wildman–Crippen MR) is 76.5 cm³/mol. The summed E-state index contributed by atoms with van der Waals surface area (Å²) in [5.74, 6) is -0.937. The predicted octanol–water partition coefficient (Wildman–Crippen LogP) is 2.33. The topological polar surface area (TPSA) is 60.9 Å². The molecule has 0 unspecified atom stereocenters. The van der Waals surface area contributed by atoms with Crippen LogP contribution in [-0.4, -0.2) is 52.6 Å². The number of hydrogen-bond donors (Lipinski definition) is 1. The smallest absolute Gasteiger partial charge is 0.323 e. The van der Waals surface area contributed by atoms with E-state index in [9.17, 15) is 9.59 Å². The number of hydrogen-bond acceptors (Lipinski definition) is 2. The van der Waals surface area contributed by atoms with Crippen molar-refractivity contribution in [3.8, 4) is 0 Å². The highest BCUT2D eigenvalue weighted by atomic mass is 16.4. The number of nitrogens with zero attached hydrogens (tertiary/aromatic N) is 2. The van der Waals surface area contributed by atoms with Gasteiger partial charge >= 0.3 is 12.0 Å². The molecule has 1 saturated carbocycles. The van der Waals surface area contributed by atoms with E-state index in [-0.39, 0.29) is 24.0 Å². The maximum Gasteiger partial charge on any atom is 0.323 e. The molecule has 2 rings (SSSR count). The van der Waals surface area contributed by atoms with E-state index in [0.29, 0.717) is 13.1 Å². The van der Waals surface area contributed by atoms with Gasteiger partial charge in [-0.1, -0.05) is 32.4 Å². The largest absolute Gasteiger partial charge is 0.480 e. The zero-order chi connectivity index (χ0) is 14.9. The minimum Gasteiger partial charge on any atom is -0.480 e. The second-order valence-corrected chi connectivity index (χ2v) is 6.71. The first-order chi connectivity index (χ1) is 9.29. The Hall–Kier alpha value is -1.52. The Morgan fingerprint density at radius 2 is 2.05 bits per heavy atom. The zero-order valence-electron chi connectivity index (χ0n) is 12.6. The van der Waals surface area contributed by atoms with Crippen molar-refractivity contribution >= 4 is 12.0 Å². The van der Waals surface area contributed by atoms with E-state index in [1.165, 1.54) is 10.5 Å². The van der Waals surface area contributed by atoms with E-state index in [1.54, 1.807) is 4.90 Å². The fourth-order valence-electron chi connectivity index (χ4n) is 2.59. The first-order valence-electron chi connectivity index (χ1n) is 7.26. The van der Waals surface area contributed by atoms with Crippen molar-refractivity contribution in [1.29, 1.82) is 0 Å². The first kappa shape index (κ1) is 14.9. The summed E-state index contributed by atoms with van der Waals surface area (Å²) in [5.41, 5.74) is 1.52. The van der Waals surface area contributed by atoms with Gasteiger partial charge in [0.2, 0.25) is 0 Å². The lowest BCUT2D eigenvalue weighted by Gasteiger charge is -2.35. The second-order valence-electron chi connectivity index (χ2n) is 6.71. The molecule has 20 heavy (non-hydrogen) atoms. The Morgan fingerprint density at radius 3 is 2.45 bits per heavy atom. The van der Waals surface area contributed by atoms with Gasteiger partial charge in [0.05, 0.1) is 0 Å². The highest BCUT2D eigenvalue weighted by molar-refractivity contribution is 5.81. The average molecular weight is 280 g/mol. The number of amides is 2. The molecule has 0 aromatic heterocycles. The molecule has 0 aromatic carbocycles. The second kappa shape index (κ2) is 5.46. The van der Waals surface area contributed by atoms with Gasteiger partial charge in [-0.15, -0.1) is 0 Å². The van der Waals surface area contributed by atoms with Crippen LogP contribution in [0.25, 0.3) is 0 Å². The third-order valence-corrected chi connectivity index (χ3v) is 3.98. The molecule has 0 radical (unpaired) electrons. The van der Waals surface area contributed by atoms with Crippen LogP contribution in [0.4, 0.5) is 4.79 Å². The van der Waals surface area contributed by atoms with Crippen LogP contribution >= 0.6 is 0 Å². The van der Waals surface area contributed by atoms with E-state index < -0.39 is 5.97 Å². The lowest BCUT2D eigenvalue weighted by atomic mass is 9.83. The van der Waals surface area contributed by atoms with Gasteiger partial charge in [0, 0.05) is 19.1 Å². The fraction of sp³-hybridized carbons (Fsp3) is 0.733. The summed E-state index contributed by atoms with van der Waals surface area (Å²) in [5, 5.41) is 8.93. The Morgan fingerprint density at radius 1 is 1.40 bits per heavy atom. The summed E-state index contributed by atoms with van der Waals surface area (Å²) in [7, 11) is 0. The molecule has 112 valence electrons. The fourth-order valence-corrected chi connectivity index (χ4v) is 2.59. The quantitative estimate of drug-likeness (QED) is 0.807. The maximum atomic E-state index is 12.4. The van der Waals surface area contributed by atoms with Gasteiger partial charge in [0.25, 0.3) is 0 Å². The number of rotatable bonds is 3. The number of carboxylic acids is 1. The number of carbonyl (C=O) groups is 2. The molecule has 5 nitrogen and oxygen atoms in total. The van der Waals surface area contributed by atoms with Gasteiger partial charge in [0.15, 0.2) is 0 Å². The molecule has 0 saturated heterocycles. The van der Waals surface area contributed by atoms with Crippen LogP contribution in [0.15, 0.2) is 11.6 Å². The highest BCUT2D eigenvalue weighted by Crippen LogP contribution is 2.32. The Kier molecular flexibility index (Phi) is 4.06. The Bertz CT molecular complexity index is 433. The average Bonchev–Trinajstić information content (AvgIpc) is 3.18. The van der Waals surface area contributed by atoms with Crippen LogP contribution in [0.5, 0.6) is 0 Å². The molecule has 2 aliphatic rings. The molecule has 2 amide bonds. The van der Waals surface area contributed by atoms with Crippen LogP contribution < -0.4 is 0 Å². The van der Waals surface area contributed by atoms with Crippen molar-refractivity contribution in [2.75, 3.05) is 19.6 Å². The molecule has 0 bridgehead atoms. The van der Waals surface area contributed by atoms with Crippen LogP contribution in [0.1, 0.15) is 40.0 Å². The van der Waals surface area contributed by atoms with Gasteiger partial charge in [-0.3, -0.25) is 4.79 Å². The third-order valence-electron chi connectivity index (χ3n) is 3.98. The van der Waals surface area contributed by atoms with Crippen molar-refractivity contribution in [1.82, 2.24) is 9.80 Å². The first-order valence-corrected chi connectivity index (χ1v) is 7.26. The summed E-state index contributed by atoms with van der Waals surface area (Å²) in [4.78, 5) is 26.6. The molecule has 0 aromatic rings. The van der Waals surface area contributed by atoms with E-state index >= 15 is 0 Å². The molecule has 0 spiro atoms. The minimum absolute atomic E-state index is 0.126. The van der Waals surface area contributed by atoms with Gasteiger partial charge < -0.3 is 14.9 Å². The van der Waals surface area contributed by atoms with Gasteiger partial charge in [-0.25, -0.2) is 4.79 Å². The Labute approximate surface area is 120 Å². The molecule has 0 atom stereocenters. The summed E-state index contributed by atoms with van der Waals surface area (Å²) < 4.78 is 0. The van der Waals surface area contributed by atoms with Gasteiger partial charge in [-0.05, 0) is 24.7 Å². The summed E-state index contributed by atoms with van der Waals surface area (Å²) in [6.07, 6.45) is 4.85. The Balaban J connectivity index is 2.00. The number of carboxylic acid groups (broad SMARTS) is 1. The molecule has 1 fully saturated rings. The lowest BCUT2D eigenvalue weighted by molar-refractivity contribution is -0.137. The monoisotopic (exact) mass is 280 g/mol. The summed E-state index contributed by atoms with van der Waals surface area (Å²) in [6.45, 7) is 7.63. The van der Waals surface area contributed by atoms with Crippen LogP contribution in [-0.2, 0) is 4.79 Å². The lowest BCUT2D eigenvalue weighted by Crippen LogP contribution is -2.48. The zero-order valence-corrected chi connectivity index (χ0v) is 12.6. The molecular formula is C15H24N2O3. The van der Waals surface area contributed by atoms with Crippen molar-refractivity contribution < 1.29 is 14.7 Å². The van der Waals surface area contributed by atoms with Crippen LogP contribution in [0.3, 0.4) is 0 Å². The van der Waals surface area contributed by atoms with E-state index in [1.807, 2.05) is 0 Å². The molecule has 5 heteroatoms. The minimum atomic E-state index is -0.937. The third kappa shape index (κ3) is 3.52. The molecule has 1 aliphatic carbocycles.